The van der Waals surface area contributed by atoms with E-state index in [2.05, 4.69) is 19.2 Å². The zero-order chi connectivity index (χ0) is 43.0. The number of carbonyl (C=O) groups excluding carboxylic acids is 1. The summed E-state index contributed by atoms with van der Waals surface area (Å²) >= 11 is 0. The molecule has 0 aliphatic heterocycles. The highest BCUT2D eigenvalue weighted by molar-refractivity contribution is 5.80. The molecule has 0 rings (SSSR count). The van der Waals surface area contributed by atoms with Gasteiger partial charge in [-0.15, -0.1) is 0 Å². The van der Waals surface area contributed by atoms with E-state index in [1.807, 2.05) is 0 Å². The van der Waals surface area contributed by atoms with Crippen molar-refractivity contribution >= 4 is 5.91 Å². The van der Waals surface area contributed by atoms with Crippen LogP contribution in [0.2, 0.25) is 0 Å². The molecule has 0 aliphatic carbocycles. The summed E-state index contributed by atoms with van der Waals surface area (Å²) < 4.78 is 0. The molecule has 5 heteroatoms. The van der Waals surface area contributed by atoms with E-state index in [0.29, 0.717) is 12.8 Å². The van der Waals surface area contributed by atoms with Gasteiger partial charge in [-0.2, -0.15) is 0 Å². The van der Waals surface area contributed by atoms with Crippen molar-refractivity contribution < 1.29 is 20.1 Å². The van der Waals surface area contributed by atoms with Crippen molar-refractivity contribution in [2.75, 3.05) is 6.61 Å². The van der Waals surface area contributed by atoms with E-state index in [0.717, 1.165) is 32.1 Å². The molecule has 354 valence electrons. The minimum atomic E-state index is -1.07. The van der Waals surface area contributed by atoms with Crippen LogP contribution in [0.15, 0.2) is 0 Å². The van der Waals surface area contributed by atoms with E-state index in [9.17, 15) is 20.1 Å². The lowest BCUT2D eigenvalue weighted by Crippen LogP contribution is -2.49. The number of aliphatic hydroxyl groups excluding tert-OH is 3. The summed E-state index contributed by atoms with van der Waals surface area (Å²) in [4.78, 5) is 12.6. The number of aliphatic hydroxyl groups is 3. The van der Waals surface area contributed by atoms with Gasteiger partial charge >= 0.3 is 0 Å². The Bertz CT molecular complexity index is 792. The molecule has 0 fully saturated rings. The molecule has 0 heterocycles. The van der Waals surface area contributed by atoms with Crippen LogP contribution in [0.4, 0.5) is 0 Å². The first-order valence-corrected chi connectivity index (χ1v) is 27.3. The standard InChI is InChI=1S/C54H109NO4/c1-3-5-7-9-11-13-15-17-19-21-23-25-26-27-28-29-31-33-35-37-39-41-43-45-47-49-53(58)54(59)55-51(50-56)52(57)48-46-44-42-40-38-36-34-32-30-24-22-20-18-16-14-12-10-8-6-4-2/h51-53,56-58H,3-50H2,1-2H3,(H,55,59). The molecule has 0 saturated carbocycles. The van der Waals surface area contributed by atoms with E-state index < -0.39 is 24.2 Å². The molecule has 3 unspecified atom stereocenters. The maximum Gasteiger partial charge on any atom is 0.249 e. The molecule has 0 radical (unpaired) electrons. The number of amides is 1. The zero-order valence-corrected chi connectivity index (χ0v) is 40.4. The predicted octanol–water partition coefficient (Wildman–Crippen LogP) is 16.6. The van der Waals surface area contributed by atoms with Gasteiger partial charge < -0.3 is 20.6 Å². The Hall–Kier alpha value is -0.650. The van der Waals surface area contributed by atoms with Crippen molar-refractivity contribution in [2.24, 2.45) is 0 Å². The second-order valence-corrected chi connectivity index (χ2v) is 19.2. The van der Waals surface area contributed by atoms with Crippen LogP contribution >= 0.6 is 0 Å². The normalized spacial score (nSPS) is 13.2. The molecule has 0 aliphatic rings. The lowest BCUT2D eigenvalue weighted by Gasteiger charge is -2.23. The van der Waals surface area contributed by atoms with Gasteiger partial charge in [-0.3, -0.25) is 4.79 Å². The summed E-state index contributed by atoms with van der Waals surface area (Å²) in [6.07, 6.45) is 60.0. The topological polar surface area (TPSA) is 89.8 Å². The van der Waals surface area contributed by atoms with Gasteiger partial charge in [-0.25, -0.2) is 0 Å². The third kappa shape index (κ3) is 45.2. The highest BCUT2D eigenvalue weighted by Crippen LogP contribution is 2.18. The summed E-state index contributed by atoms with van der Waals surface area (Å²) in [6, 6.07) is -0.707. The molecule has 0 aromatic heterocycles. The molecule has 0 aromatic carbocycles. The number of hydrogen-bond acceptors (Lipinski definition) is 4. The third-order valence-corrected chi connectivity index (χ3v) is 13.2. The number of carbonyl (C=O) groups is 1. The Morgan fingerprint density at radius 2 is 0.542 bits per heavy atom. The van der Waals surface area contributed by atoms with Crippen LogP contribution in [0.3, 0.4) is 0 Å². The van der Waals surface area contributed by atoms with Crippen molar-refractivity contribution in [2.45, 2.75) is 334 Å². The summed E-state index contributed by atoms with van der Waals surface area (Å²) in [7, 11) is 0. The van der Waals surface area contributed by atoms with Crippen molar-refractivity contribution in [3.05, 3.63) is 0 Å². The average molecular weight is 836 g/mol. The molecule has 0 aromatic rings. The molecule has 0 spiro atoms. The largest absolute Gasteiger partial charge is 0.394 e. The molecule has 4 N–H and O–H groups in total. The van der Waals surface area contributed by atoms with Gasteiger partial charge in [0.1, 0.15) is 6.10 Å². The van der Waals surface area contributed by atoms with Crippen molar-refractivity contribution in [1.82, 2.24) is 5.32 Å². The Kier molecular flexibility index (Phi) is 49.4. The molecular weight excluding hydrogens is 727 g/mol. The molecule has 59 heavy (non-hydrogen) atoms. The fraction of sp³-hybridized carbons (Fsp3) is 0.981. The van der Waals surface area contributed by atoms with Gasteiger partial charge in [0.2, 0.25) is 5.91 Å². The predicted molar refractivity (Wildman–Crippen MR) is 259 cm³/mol. The van der Waals surface area contributed by atoms with Crippen LogP contribution in [-0.2, 0) is 4.79 Å². The van der Waals surface area contributed by atoms with Crippen molar-refractivity contribution in [1.29, 1.82) is 0 Å². The van der Waals surface area contributed by atoms with Crippen LogP contribution in [0.5, 0.6) is 0 Å². The van der Waals surface area contributed by atoms with Gasteiger partial charge in [0.25, 0.3) is 0 Å². The lowest BCUT2D eigenvalue weighted by atomic mass is 10.0. The van der Waals surface area contributed by atoms with Crippen LogP contribution in [0.1, 0.15) is 316 Å². The van der Waals surface area contributed by atoms with Gasteiger partial charge in [0.15, 0.2) is 0 Å². The third-order valence-electron chi connectivity index (χ3n) is 13.2. The second kappa shape index (κ2) is 50.0. The van der Waals surface area contributed by atoms with Crippen LogP contribution < -0.4 is 5.32 Å². The van der Waals surface area contributed by atoms with E-state index in [1.165, 1.54) is 257 Å². The fourth-order valence-corrected chi connectivity index (χ4v) is 8.96. The Labute approximate surface area is 370 Å². The zero-order valence-electron chi connectivity index (χ0n) is 40.4. The average Bonchev–Trinajstić information content (AvgIpc) is 3.24. The molecular formula is C54H109NO4. The minimum absolute atomic E-state index is 0.307. The summed E-state index contributed by atoms with van der Waals surface area (Å²) in [6.45, 7) is 4.28. The van der Waals surface area contributed by atoms with E-state index in [4.69, 9.17) is 0 Å². The quantitative estimate of drug-likeness (QED) is 0.0460. The number of nitrogens with one attached hydrogen (secondary N) is 1. The molecule has 1 amide bonds. The maximum absolute atomic E-state index is 12.6. The molecule has 5 nitrogen and oxygen atoms in total. The van der Waals surface area contributed by atoms with Crippen molar-refractivity contribution in [3.8, 4) is 0 Å². The number of hydrogen-bond donors (Lipinski definition) is 4. The fourth-order valence-electron chi connectivity index (χ4n) is 8.96. The second-order valence-electron chi connectivity index (χ2n) is 19.2. The van der Waals surface area contributed by atoms with Gasteiger partial charge in [-0.05, 0) is 12.8 Å². The van der Waals surface area contributed by atoms with Crippen LogP contribution in [-0.4, -0.2) is 46.1 Å². The SMILES string of the molecule is CCCCCCCCCCCCCCCCCCCCCCCCCCCC(O)C(=O)NC(CO)C(O)CCCCCCCCCCCCCCCCCCCCCC. The molecule has 3 atom stereocenters. The van der Waals surface area contributed by atoms with E-state index >= 15 is 0 Å². The monoisotopic (exact) mass is 836 g/mol. The first kappa shape index (κ1) is 58.4. The number of unbranched alkanes of at least 4 members (excludes halogenated alkanes) is 43. The Balaban J connectivity index is 3.50. The summed E-state index contributed by atoms with van der Waals surface area (Å²) in [5.74, 6) is -0.462. The first-order chi connectivity index (χ1) is 29.1. The summed E-state index contributed by atoms with van der Waals surface area (Å²) in [5, 5.41) is 33.5. The molecule has 0 bridgehead atoms. The highest BCUT2D eigenvalue weighted by Gasteiger charge is 2.23. The smallest absolute Gasteiger partial charge is 0.249 e. The van der Waals surface area contributed by atoms with Gasteiger partial charge in [0, 0.05) is 0 Å². The lowest BCUT2D eigenvalue weighted by molar-refractivity contribution is -0.131. The van der Waals surface area contributed by atoms with E-state index in [1.54, 1.807) is 0 Å². The Morgan fingerprint density at radius 1 is 0.339 bits per heavy atom. The Morgan fingerprint density at radius 3 is 0.763 bits per heavy atom. The molecule has 0 saturated heterocycles. The van der Waals surface area contributed by atoms with Crippen LogP contribution in [0.25, 0.3) is 0 Å². The van der Waals surface area contributed by atoms with E-state index in [-0.39, 0.29) is 6.61 Å². The van der Waals surface area contributed by atoms with Gasteiger partial charge in [-0.1, -0.05) is 303 Å². The summed E-state index contributed by atoms with van der Waals surface area (Å²) in [5.41, 5.74) is 0. The highest BCUT2D eigenvalue weighted by atomic mass is 16.3. The van der Waals surface area contributed by atoms with Crippen LogP contribution in [0, 0.1) is 0 Å². The van der Waals surface area contributed by atoms with Crippen molar-refractivity contribution in [3.63, 3.8) is 0 Å². The number of rotatable bonds is 51. The minimum Gasteiger partial charge on any atom is -0.394 e. The van der Waals surface area contributed by atoms with Gasteiger partial charge in [0.05, 0.1) is 18.8 Å². The first-order valence-electron chi connectivity index (χ1n) is 27.3. The maximum atomic E-state index is 12.6.